The molecule has 0 radical (unpaired) electrons. The van der Waals surface area contributed by atoms with E-state index in [9.17, 15) is 4.79 Å². The molecule has 0 fully saturated rings. The van der Waals surface area contributed by atoms with Crippen LogP contribution in [-0.2, 0) is 35.4 Å². The second-order valence-corrected chi connectivity index (χ2v) is 8.81. The number of nitrogen functional groups attached to an aromatic ring is 1. The minimum atomic E-state index is -0.372. The number of nitrogens with two attached hydrogens (primary N) is 1. The molecule has 31 heavy (non-hydrogen) atoms. The van der Waals surface area contributed by atoms with E-state index in [0.29, 0.717) is 23.0 Å². The number of fused-ring (bicyclic) bond motifs is 4. The summed E-state index contributed by atoms with van der Waals surface area (Å²) in [4.78, 5) is 23.7. The molecule has 0 amide bonds. The predicted octanol–water partition coefficient (Wildman–Crippen LogP) is 4.58. The lowest BCUT2D eigenvalue weighted by molar-refractivity contribution is -0.144. The van der Waals surface area contributed by atoms with Crippen LogP contribution < -0.4 is 10.5 Å². The number of furan rings is 1. The lowest BCUT2D eigenvalue weighted by Crippen LogP contribution is -2.10. The maximum absolute atomic E-state index is 12.4. The van der Waals surface area contributed by atoms with Crippen LogP contribution >= 0.6 is 11.3 Å². The molecule has 160 valence electrons. The molecular formula is C23H23N3O4S. The van der Waals surface area contributed by atoms with Crippen LogP contribution in [0.2, 0.25) is 0 Å². The molecule has 4 aromatic rings. The van der Waals surface area contributed by atoms with E-state index in [1.54, 1.807) is 30.8 Å². The van der Waals surface area contributed by atoms with Gasteiger partial charge in [-0.2, -0.15) is 0 Å². The Morgan fingerprint density at radius 2 is 2.10 bits per heavy atom. The van der Waals surface area contributed by atoms with E-state index in [1.807, 2.05) is 12.1 Å². The van der Waals surface area contributed by atoms with Crippen LogP contribution in [0.15, 0.2) is 28.9 Å². The fourth-order valence-electron chi connectivity index (χ4n) is 4.15. The van der Waals surface area contributed by atoms with Crippen molar-refractivity contribution in [3.8, 4) is 5.75 Å². The average Bonchev–Trinajstić information content (AvgIpc) is 3.24. The molecule has 0 unspecified atom stereocenters. The Hall–Kier alpha value is -3.13. The van der Waals surface area contributed by atoms with Gasteiger partial charge in [0, 0.05) is 21.9 Å². The van der Waals surface area contributed by atoms with E-state index in [4.69, 9.17) is 19.6 Å². The molecule has 1 aromatic carbocycles. The van der Waals surface area contributed by atoms with Crippen molar-refractivity contribution in [1.82, 2.24) is 9.97 Å². The van der Waals surface area contributed by atoms with Crippen LogP contribution in [0.5, 0.6) is 5.75 Å². The van der Waals surface area contributed by atoms with E-state index in [2.05, 4.69) is 9.97 Å². The Morgan fingerprint density at radius 1 is 1.23 bits per heavy atom. The number of esters is 1. The second kappa shape index (κ2) is 8.19. The zero-order valence-electron chi connectivity index (χ0n) is 17.3. The monoisotopic (exact) mass is 437 g/mol. The molecule has 2 N–H and O–H groups in total. The maximum atomic E-state index is 12.4. The van der Waals surface area contributed by atoms with E-state index in [-0.39, 0.29) is 19.0 Å². The molecule has 8 heteroatoms. The lowest BCUT2D eigenvalue weighted by Gasteiger charge is -2.06. The highest BCUT2D eigenvalue weighted by atomic mass is 32.1. The third-order valence-electron chi connectivity index (χ3n) is 5.70. The molecule has 1 aliphatic carbocycles. The summed E-state index contributed by atoms with van der Waals surface area (Å²) < 4.78 is 16.2. The highest BCUT2D eigenvalue weighted by Gasteiger charge is 2.20. The summed E-state index contributed by atoms with van der Waals surface area (Å²) >= 11 is 1.69. The molecule has 3 aromatic heterocycles. The minimum Gasteiger partial charge on any atom is -0.497 e. The third-order valence-corrected chi connectivity index (χ3v) is 6.88. The van der Waals surface area contributed by atoms with Crippen molar-refractivity contribution >= 4 is 44.3 Å². The topological polar surface area (TPSA) is 100 Å². The molecular weight excluding hydrogens is 414 g/mol. The Morgan fingerprint density at radius 3 is 2.97 bits per heavy atom. The van der Waals surface area contributed by atoms with Crippen LogP contribution in [0.25, 0.3) is 21.2 Å². The Labute approximate surface area is 183 Å². The SMILES string of the molecule is COc1ccc2c(CC(=O)OCc3nc(N)c4c5c(sc4n3)CCCCC5)coc2c1. The minimum absolute atomic E-state index is 0.00878. The van der Waals surface area contributed by atoms with E-state index >= 15 is 0 Å². The number of rotatable bonds is 5. The third kappa shape index (κ3) is 3.83. The number of aromatic nitrogens is 2. The van der Waals surface area contributed by atoms with E-state index < -0.39 is 0 Å². The highest BCUT2D eigenvalue weighted by molar-refractivity contribution is 7.19. The summed E-state index contributed by atoms with van der Waals surface area (Å²) in [7, 11) is 1.60. The number of hydrogen-bond acceptors (Lipinski definition) is 8. The van der Waals surface area contributed by atoms with Crippen molar-refractivity contribution < 1.29 is 18.7 Å². The molecule has 0 aliphatic heterocycles. The molecule has 0 spiro atoms. The summed E-state index contributed by atoms with van der Waals surface area (Å²) in [5.41, 5.74) is 9.01. The largest absolute Gasteiger partial charge is 0.497 e. The van der Waals surface area contributed by atoms with Crippen molar-refractivity contribution in [1.29, 1.82) is 0 Å². The zero-order valence-corrected chi connectivity index (χ0v) is 18.1. The van der Waals surface area contributed by atoms with Gasteiger partial charge >= 0.3 is 5.97 Å². The van der Waals surface area contributed by atoms with Crippen LogP contribution in [0.3, 0.4) is 0 Å². The van der Waals surface area contributed by atoms with Crippen LogP contribution in [-0.4, -0.2) is 23.0 Å². The van der Waals surface area contributed by atoms with Crippen molar-refractivity contribution in [3.63, 3.8) is 0 Å². The van der Waals surface area contributed by atoms with E-state index in [1.165, 1.54) is 29.7 Å². The smallest absolute Gasteiger partial charge is 0.310 e. The molecule has 0 saturated heterocycles. The number of carbonyl (C=O) groups is 1. The summed E-state index contributed by atoms with van der Waals surface area (Å²) in [5.74, 6) is 1.23. The van der Waals surface area contributed by atoms with Crippen LogP contribution in [0, 0.1) is 0 Å². The Bertz CT molecular complexity index is 1280. The van der Waals surface area contributed by atoms with Crippen LogP contribution in [0.4, 0.5) is 5.82 Å². The van der Waals surface area contributed by atoms with Gasteiger partial charge in [0.1, 0.15) is 22.0 Å². The Kier molecular flexibility index (Phi) is 5.23. The Balaban J connectivity index is 1.30. The van der Waals surface area contributed by atoms with Gasteiger partial charge < -0.3 is 19.6 Å². The van der Waals surface area contributed by atoms with Crippen molar-refractivity contribution in [2.24, 2.45) is 0 Å². The molecule has 0 bridgehead atoms. The number of methoxy groups -OCH3 is 1. The van der Waals surface area contributed by atoms with Crippen LogP contribution in [0.1, 0.15) is 41.1 Å². The van der Waals surface area contributed by atoms with Gasteiger partial charge in [-0.15, -0.1) is 11.3 Å². The van der Waals surface area contributed by atoms with Gasteiger partial charge in [-0.3, -0.25) is 4.79 Å². The number of hydrogen-bond donors (Lipinski definition) is 1. The quantitative estimate of drug-likeness (QED) is 0.360. The van der Waals surface area contributed by atoms with Gasteiger partial charge in [0.05, 0.1) is 25.2 Å². The fourth-order valence-corrected chi connectivity index (χ4v) is 5.44. The standard InChI is InChI=1S/C23H23N3O4S/c1-28-14-7-8-15-13(11-29-17(15)10-14)9-20(27)30-12-19-25-22(24)21-16-5-3-2-4-6-18(16)31-23(21)26-19/h7-8,10-11H,2-6,9,12H2,1H3,(H2,24,25,26). The molecule has 1 aliphatic rings. The number of thiophene rings is 1. The number of benzene rings is 1. The van der Waals surface area contributed by atoms with Gasteiger partial charge in [0.15, 0.2) is 12.4 Å². The first-order chi connectivity index (χ1) is 15.1. The fraction of sp³-hybridized carbons (Fsp3) is 0.348. The highest BCUT2D eigenvalue weighted by Crippen LogP contribution is 2.37. The maximum Gasteiger partial charge on any atom is 0.310 e. The molecule has 7 nitrogen and oxygen atoms in total. The van der Waals surface area contributed by atoms with E-state index in [0.717, 1.165) is 34.0 Å². The zero-order chi connectivity index (χ0) is 21.4. The summed E-state index contributed by atoms with van der Waals surface area (Å²) in [5, 5.41) is 1.84. The number of nitrogens with zero attached hydrogens (tertiary/aromatic N) is 2. The molecule has 0 atom stereocenters. The number of anilines is 1. The number of carbonyl (C=O) groups excluding carboxylic acids is 1. The molecule has 3 heterocycles. The van der Waals surface area contributed by atoms with Crippen molar-refractivity contribution in [3.05, 3.63) is 46.3 Å². The van der Waals surface area contributed by atoms with Crippen molar-refractivity contribution in [2.75, 3.05) is 12.8 Å². The van der Waals surface area contributed by atoms with Gasteiger partial charge in [0.2, 0.25) is 0 Å². The number of aryl methyl sites for hydroxylation is 2. The summed E-state index contributed by atoms with van der Waals surface area (Å²) in [6.07, 6.45) is 7.40. The van der Waals surface area contributed by atoms with Gasteiger partial charge in [-0.05, 0) is 43.4 Å². The second-order valence-electron chi connectivity index (χ2n) is 7.73. The van der Waals surface area contributed by atoms with Crippen molar-refractivity contribution in [2.45, 2.75) is 45.1 Å². The first-order valence-corrected chi connectivity index (χ1v) is 11.2. The van der Waals surface area contributed by atoms with Gasteiger partial charge in [-0.25, -0.2) is 9.97 Å². The normalized spacial score (nSPS) is 13.8. The lowest BCUT2D eigenvalue weighted by atomic mass is 10.1. The first kappa shape index (κ1) is 19.8. The average molecular weight is 438 g/mol. The number of ether oxygens (including phenoxy) is 2. The molecule has 0 saturated carbocycles. The van der Waals surface area contributed by atoms with Gasteiger partial charge in [-0.1, -0.05) is 6.42 Å². The van der Waals surface area contributed by atoms with Gasteiger partial charge in [0.25, 0.3) is 0 Å². The summed E-state index contributed by atoms with van der Waals surface area (Å²) in [6, 6.07) is 5.50. The molecule has 5 rings (SSSR count). The summed E-state index contributed by atoms with van der Waals surface area (Å²) in [6.45, 7) is -0.00878. The predicted molar refractivity (Wildman–Crippen MR) is 119 cm³/mol. The first-order valence-electron chi connectivity index (χ1n) is 10.4.